The highest BCUT2D eigenvalue weighted by Crippen LogP contribution is 2.02. The summed E-state index contributed by atoms with van der Waals surface area (Å²) in [6.45, 7) is 8.41. The third-order valence-corrected chi connectivity index (χ3v) is 2.91. The molecule has 0 spiro atoms. The van der Waals surface area contributed by atoms with Crippen LogP contribution >= 0.6 is 0 Å². The van der Waals surface area contributed by atoms with Crippen molar-refractivity contribution in [2.45, 2.75) is 20.8 Å². The molecule has 1 N–H and O–H groups in total. The van der Waals surface area contributed by atoms with E-state index in [0.717, 1.165) is 0 Å². The van der Waals surface area contributed by atoms with Gasteiger partial charge in [0.2, 0.25) is 0 Å². The zero-order valence-corrected chi connectivity index (χ0v) is 12.6. The van der Waals surface area contributed by atoms with E-state index in [1.54, 1.807) is 19.9 Å². The molecule has 0 saturated carbocycles. The number of nitriles is 1. The first kappa shape index (κ1) is 17.2. The number of carbonyl (C=O) groups is 2. The zero-order chi connectivity index (χ0) is 16.9. The summed E-state index contributed by atoms with van der Waals surface area (Å²) < 4.78 is 9.68. The number of aromatic amines is 1. The minimum Gasteiger partial charge on any atom is -0.462 e. The smallest absolute Gasteiger partial charge is 0.351 e. The van der Waals surface area contributed by atoms with Crippen molar-refractivity contribution in [3.8, 4) is 6.07 Å². The number of carbonyl (C=O) groups excluding carboxylic acids is 2. The Hall–Kier alpha value is -2.88. The molecule has 7 heteroatoms. The summed E-state index contributed by atoms with van der Waals surface area (Å²) in [5, 5.41) is 9.04. The van der Waals surface area contributed by atoms with Crippen LogP contribution in [0.5, 0.6) is 0 Å². The summed E-state index contributed by atoms with van der Waals surface area (Å²) in [5.41, 5.74) is -0.895. The van der Waals surface area contributed by atoms with Crippen molar-refractivity contribution in [3.63, 3.8) is 0 Å². The van der Waals surface area contributed by atoms with Crippen molar-refractivity contribution >= 4 is 24.1 Å². The maximum Gasteiger partial charge on any atom is 0.351 e. The Morgan fingerprint density at radius 2 is 1.86 bits per heavy atom. The molecule has 0 fully saturated rings. The first-order valence-electron chi connectivity index (χ1n) is 6.59. The van der Waals surface area contributed by atoms with Gasteiger partial charge in [0.1, 0.15) is 6.07 Å². The van der Waals surface area contributed by atoms with Crippen LogP contribution in [0.25, 0.3) is 12.2 Å². The van der Waals surface area contributed by atoms with E-state index in [1.165, 1.54) is 6.92 Å². The second-order valence-corrected chi connectivity index (χ2v) is 4.24. The molecule has 0 unspecified atom stereocenters. The van der Waals surface area contributed by atoms with E-state index >= 15 is 0 Å². The number of hydrogen-bond acceptors (Lipinski definition) is 6. The van der Waals surface area contributed by atoms with Crippen LogP contribution in [0.4, 0.5) is 0 Å². The van der Waals surface area contributed by atoms with E-state index in [-0.39, 0.29) is 34.9 Å². The highest BCUT2D eigenvalue weighted by molar-refractivity contribution is 6.16. The molecular weight excluding hydrogens is 288 g/mol. The van der Waals surface area contributed by atoms with Crippen LogP contribution in [-0.2, 0) is 14.3 Å². The lowest BCUT2D eigenvalue weighted by molar-refractivity contribution is -0.136. The Bertz CT molecular complexity index is 814. The number of rotatable bonds is 4. The molecular formula is C15H16N2O5. The molecule has 1 heterocycles. The van der Waals surface area contributed by atoms with Crippen molar-refractivity contribution in [1.29, 1.82) is 5.26 Å². The average Bonchev–Trinajstić information content (AvgIpc) is 2.46. The number of nitrogens with one attached hydrogen (secondary N) is 1. The standard InChI is InChI=1S/C15H16N2O5/c1-5-21-14(19)10(7-16)12-11(15(20)22-6-2)8(3)9(4)13(18)17-12/h4-6H2,1-3H3,(H,17,18). The second kappa shape index (κ2) is 7.22. The number of pyridine rings is 1. The van der Waals surface area contributed by atoms with E-state index in [1.807, 2.05) is 0 Å². The first-order chi connectivity index (χ1) is 10.4. The molecule has 116 valence electrons. The molecule has 1 aromatic rings. The summed E-state index contributed by atoms with van der Waals surface area (Å²) in [4.78, 5) is 38.1. The molecule has 0 aromatic carbocycles. The Balaban J connectivity index is 3.91. The van der Waals surface area contributed by atoms with Crippen LogP contribution in [0.2, 0.25) is 0 Å². The molecule has 0 amide bonds. The Morgan fingerprint density at radius 1 is 1.27 bits per heavy atom. The Labute approximate surface area is 126 Å². The van der Waals surface area contributed by atoms with Gasteiger partial charge in [-0.15, -0.1) is 0 Å². The first-order valence-corrected chi connectivity index (χ1v) is 6.59. The molecule has 0 saturated heterocycles. The molecule has 0 aliphatic heterocycles. The van der Waals surface area contributed by atoms with Gasteiger partial charge in [-0.05, 0) is 26.3 Å². The van der Waals surface area contributed by atoms with Gasteiger partial charge in [0, 0.05) is 5.22 Å². The normalized spacial score (nSPS) is 11.4. The summed E-state index contributed by atoms with van der Waals surface area (Å²) in [5.74, 6) is -1.68. The third kappa shape index (κ3) is 3.23. The zero-order valence-electron chi connectivity index (χ0n) is 12.6. The lowest BCUT2D eigenvalue weighted by Crippen LogP contribution is -2.41. The van der Waals surface area contributed by atoms with Crippen LogP contribution in [0.1, 0.15) is 29.8 Å². The fourth-order valence-corrected chi connectivity index (χ4v) is 1.81. The van der Waals surface area contributed by atoms with Crippen molar-refractivity contribution in [2.24, 2.45) is 0 Å². The molecule has 22 heavy (non-hydrogen) atoms. The largest absolute Gasteiger partial charge is 0.462 e. The number of hydrogen-bond donors (Lipinski definition) is 1. The molecule has 1 aromatic heterocycles. The Morgan fingerprint density at radius 3 is 2.36 bits per heavy atom. The van der Waals surface area contributed by atoms with Gasteiger partial charge in [0.05, 0.1) is 24.1 Å². The lowest BCUT2D eigenvalue weighted by atomic mass is 10.1. The van der Waals surface area contributed by atoms with Crippen LogP contribution in [0, 0.1) is 18.3 Å². The summed E-state index contributed by atoms with van der Waals surface area (Å²) in [6.07, 6.45) is 0. The molecule has 0 aliphatic carbocycles. The van der Waals surface area contributed by atoms with Crippen LogP contribution in [0.3, 0.4) is 0 Å². The monoisotopic (exact) mass is 304 g/mol. The number of ether oxygens (including phenoxy) is 2. The van der Waals surface area contributed by atoms with Crippen molar-refractivity contribution in [1.82, 2.24) is 4.98 Å². The van der Waals surface area contributed by atoms with E-state index in [0.29, 0.717) is 0 Å². The second-order valence-electron chi connectivity index (χ2n) is 4.24. The SMILES string of the molecule is C=c1c(C)c(C(=O)OCC)c(=C(C#N)C(=O)OCC)[nH]c1=O. The Kier molecular flexibility index (Phi) is 5.64. The topological polar surface area (TPSA) is 109 Å². The molecule has 0 atom stereocenters. The van der Waals surface area contributed by atoms with Crippen LogP contribution in [0.15, 0.2) is 4.79 Å². The fourth-order valence-electron chi connectivity index (χ4n) is 1.81. The van der Waals surface area contributed by atoms with E-state index in [2.05, 4.69) is 11.6 Å². The van der Waals surface area contributed by atoms with Gasteiger partial charge in [0.25, 0.3) is 5.56 Å². The van der Waals surface area contributed by atoms with Crippen molar-refractivity contribution < 1.29 is 19.1 Å². The van der Waals surface area contributed by atoms with Crippen LogP contribution in [-0.4, -0.2) is 30.1 Å². The van der Waals surface area contributed by atoms with Gasteiger partial charge in [-0.25, -0.2) is 9.59 Å². The number of nitrogens with zero attached hydrogens (tertiary/aromatic N) is 1. The summed E-state index contributed by atoms with van der Waals surface area (Å²) in [6, 6.07) is 1.66. The van der Waals surface area contributed by atoms with E-state index in [9.17, 15) is 19.6 Å². The predicted molar refractivity (Wildman–Crippen MR) is 78.2 cm³/mol. The molecule has 0 aliphatic rings. The maximum absolute atomic E-state index is 12.1. The van der Waals surface area contributed by atoms with Crippen molar-refractivity contribution in [2.75, 3.05) is 13.2 Å². The van der Waals surface area contributed by atoms with E-state index < -0.39 is 23.1 Å². The fraction of sp³-hybridized carbons (Fsp3) is 0.333. The van der Waals surface area contributed by atoms with Gasteiger partial charge in [-0.2, -0.15) is 5.26 Å². The van der Waals surface area contributed by atoms with E-state index in [4.69, 9.17) is 9.47 Å². The van der Waals surface area contributed by atoms with Gasteiger partial charge >= 0.3 is 11.9 Å². The molecule has 1 rings (SSSR count). The molecule has 0 bridgehead atoms. The lowest BCUT2D eigenvalue weighted by Gasteiger charge is -2.08. The highest BCUT2D eigenvalue weighted by Gasteiger charge is 2.21. The van der Waals surface area contributed by atoms with Gasteiger partial charge < -0.3 is 14.5 Å². The quantitative estimate of drug-likeness (QED) is 0.752. The minimum absolute atomic E-state index is 0.0510. The highest BCUT2D eigenvalue weighted by atomic mass is 16.5. The van der Waals surface area contributed by atoms with Gasteiger partial charge in [-0.3, -0.25) is 4.79 Å². The number of esters is 2. The van der Waals surface area contributed by atoms with Gasteiger partial charge in [-0.1, -0.05) is 6.58 Å². The van der Waals surface area contributed by atoms with Gasteiger partial charge in [0.15, 0.2) is 5.57 Å². The predicted octanol–water partition coefficient (Wildman–Crippen LogP) is -0.492. The molecule has 7 nitrogen and oxygen atoms in total. The van der Waals surface area contributed by atoms with Crippen LogP contribution < -0.4 is 16.1 Å². The average molecular weight is 304 g/mol. The maximum atomic E-state index is 12.1. The molecule has 0 radical (unpaired) electrons. The number of aromatic nitrogens is 1. The summed E-state index contributed by atoms with van der Waals surface area (Å²) >= 11 is 0. The third-order valence-electron chi connectivity index (χ3n) is 2.91. The summed E-state index contributed by atoms with van der Waals surface area (Å²) in [7, 11) is 0. The van der Waals surface area contributed by atoms with Crippen molar-refractivity contribution in [3.05, 3.63) is 32.0 Å². The minimum atomic E-state index is -0.928. The number of H-pyrrole nitrogens is 1.